The molecule has 2 heterocycles. The number of aryl methyl sites for hydroxylation is 2. The van der Waals surface area contributed by atoms with Crippen molar-refractivity contribution in [2.75, 3.05) is 26.2 Å². The Hall–Kier alpha value is -2.53. The van der Waals surface area contributed by atoms with E-state index in [0.717, 1.165) is 24.3 Å². The van der Waals surface area contributed by atoms with Crippen LogP contribution in [0, 0.1) is 13.8 Å². The quantitative estimate of drug-likeness (QED) is 0.742. The van der Waals surface area contributed by atoms with Crippen molar-refractivity contribution in [2.24, 2.45) is 0 Å². The van der Waals surface area contributed by atoms with Crippen LogP contribution < -0.4 is 4.74 Å². The van der Waals surface area contributed by atoms with Gasteiger partial charge in [-0.05, 0) is 44.2 Å². The minimum atomic E-state index is -4.85. The Balaban J connectivity index is 1.66. The zero-order valence-electron chi connectivity index (χ0n) is 15.7. The van der Waals surface area contributed by atoms with E-state index in [1.54, 1.807) is 24.8 Å². The first kappa shape index (κ1) is 21.2. The monoisotopic (exact) mass is 432 g/mol. The molecule has 0 unspecified atom stereocenters. The van der Waals surface area contributed by atoms with Gasteiger partial charge in [-0.3, -0.25) is 4.79 Å². The van der Waals surface area contributed by atoms with Crippen LogP contribution in [0.5, 0.6) is 5.75 Å². The maximum atomic E-state index is 12.7. The molecule has 7 nitrogen and oxygen atoms in total. The second kappa shape index (κ2) is 7.71. The van der Waals surface area contributed by atoms with Gasteiger partial charge < -0.3 is 14.1 Å². The van der Waals surface area contributed by atoms with Gasteiger partial charge in [-0.2, -0.15) is 4.31 Å². The summed E-state index contributed by atoms with van der Waals surface area (Å²) in [5, 5.41) is 0. The fraction of sp³-hybridized carbons (Fsp3) is 0.389. The van der Waals surface area contributed by atoms with E-state index in [0.29, 0.717) is 17.1 Å². The van der Waals surface area contributed by atoms with Crippen molar-refractivity contribution >= 4 is 15.9 Å². The van der Waals surface area contributed by atoms with Gasteiger partial charge in [0.15, 0.2) is 0 Å². The number of piperazine rings is 1. The number of sulfonamides is 1. The third kappa shape index (κ3) is 4.73. The average Bonchev–Trinajstić information content (AvgIpc) is 2.98. The molecule has 1 fully saturated rings. The molecule has 3 rings (SSSR count). The minimum absolute atomic E-state index is 0.0742. The van der Waals surface area contributed by atoms with E-state index in [2.05, 4.69) is 4.74 Å². The van der Waals surface area contributed by atoms with E-state index < -0.39 is 22.1 Å². The number of carbonyl (C=O) groups excluding carboxylic acids is 1. The van der Waals surface area contributed by atoms with Crippen LogP contribution in [0.15, 0.2) is 39.6 Å². The summed E-state index contributed by atoms with van der Waals surface area (Å²) in [7, 11) is -3.90. The lowest BCUT2D eigenvalue weighted by Gasteiger charge is -2.34. The van der Waals surface area contributed by atoms with Crippen LogP contribution in [0.2, 0.25) is 0 Å². The topological polar surface area (TPSA) is 80.1 Å². The van der Waals surface area contributed by atoms with Crippen molar-refractivity contribution in [3.63, 3.8) is 0 Å². The van der Waals surface area contributed by atoms with Gasteiger partial charge in [-0.15, -0.1) is 13.2 Å². The summed E-state index contributed by atoms with van der Waals surface area (Å²) in [5.41, 5.74) is 0.444. The number of benzene rings is 1. The first-order chi connectivity index (χ1) is 13.5. The van der Waals surface area contributed by atoms with Crippen LogP contribution in [0.1, 0.15) is 21.9 Å². The molecule has 1 aliphatic heterocycles. The minimum Gasteiger partial charge on any atom is -0.466 e. The number of ether oxygens (including phenoxy) is 1. The number of hydrogen-bond acceptors (Lipinski definition) is 5. The van der Waals surface area contributed by atoms with Gasteiger partial charge in [-0.25, -0.2) is 8.42 Å². The smallest absolute Gasteiger partial charge is 0.466 e. The molecule has 0 atom stereocenters. The lowest BCUT2D eigenvalue weighted by atomic mass is 10.2. The standard InChI is InChI=1S/C18H19F3N2O5S/c1-12-11-16(13(2)27-12)17(24)22-7-9-23(10-8-22)29(25,26)15-5-3-14(4-6-15)28-18(19,20)21/h3-6,11H,7-10H2,1-2H3. The Bertz CT molecular complexity index is 991. The van der Waals surface area contributed by atoms with E-state index >= 15 is 0 Å². The van der Waals surface area contributed by atoms with Gasteiger partial charge in [0, 0.05) is 26.2 Å². The molecule has 1 saturated heterocycles. The van der Waals surface area contributed by atoms with Crippen molar-refractivity contribution in [3.8, 4) is 5.75 Å². The molecule has 1 aromatic heterocycles. The van der Waals surface area contributed by atoms with Gasteiger partial charge in [-0.1, -0.05) is 0 Å². The molecule has 1 amide bonds. The molecule has 1 aliphatic rings. The van der Waals surface area contributed by atoms with Gasteiger partial charge >= 0.3 is 6.36 Å². The second-order valence-corrected chi connectivity index (χ2v) is 8.48. The molecule has 0 saturated carbocycles. The molecule has 158 valence electrons. The van der Waals surface area contributed by atoms with Gasteiger partial charge in [0.1, 0.15) is 17.3 Å². The predicted octanol–water partition coefficient (Wildman–Crippen LogP) is 2.94. The van der Waals surface area contributed by atoms with Crippen LogP contribution in [0.4, 0.5) is 13.2 Å². The van der Waals surface area contributed by atoms with E-state index in [1.807, 2.05) is 0 Å². The van der Waals surface area contributed by atoms with Crippen LogP contribution in [0.25, 0.3) is 0 Å². The van der Waals surface area contributed by atoms with Crippen LogP contribution in [-0.2, 0) is 10.0 Å². The number of alkyl halides is 3. The summed E-state index contributed by atoms with van der Waals surface area (Å²) in [5.74, 6) is 0.386. The van der Waals surface area contributed by atoms with E-state index in [4.69, 9.17) is 4.42 Å². The Kier molecular flexibility index (Phi) is 5.63. The fourth-order valence-corrected chi connectivity index (χ4v) is 4.53. The summed E-state index contributed by atoms with van der Waals surface area (Å²) >= 11 is 0. The summed E-state index contributed by atoms with van der Waals surface area (Å²) < 4.78 is 72.5. The average molecular weight is 432 g/mol. The highest BCUT2D eigenvalue weighted by Gasteiger charge is 2.33. The molecule has 0 radical (unpaired) electrons. The third-order valence-corrected chi connectivity index (χ3v) is 6.41. The van der Waals surface area contributed by atoms with E-state index in [9.17, 15) is 26.4 Å². The zero-order chi connectivity index (χ0) is 21.4. The van der Waals surface area contributed by atoms with Gasteiger partial charge in [0.05, 0.1) is 10.5 Å². The molecule has 29 heavy (non-hydrogen) atoms. The normalized spacial score (nSPS) is 16.1. The largest absolute Gasteiger partial charge is 0.573 e. The van der Waals surface area contributed by atoms with Crippen molar-refractivity contribution in [1.82, 2.24) is 9.21 Å². The second-order valence-electron chi connectivity index (χ2n) is 6.54. The Morgan fingerprint density at radius 3 is 2.14 bits per heavy atom. The predicted molar refractivity (Wildman–Crippen MR) is 96.0 cm³/mol. The van der Waals surface area contributed by atoms with Gasteiger partial charge in [0.2, 0.25) is 10.0 Å². The van der Waals surface area contributed by atoms with Crippen molar-refractivity contribution in [1.29, 1.82) is 0 Å². The van der Waals surface area contributed by atoms with E-state index in [1.165, 1.54) is 4.31 Å². The highest BCUT2D eigenvalue weighted by atomic mass is 32.2. The lowest BCUT2D eigenvalue weighted by molar-refractivity contribution is -0.274. The van der Waals surface area contributed by atoms with Crippen molar-refractivity contribution < 1.29 is 35.5 Å². The van der Waals surface area contributed by atoms with Crippen molar-refractivity contribution in [3.05, 3.63) is 47.4 Å². The number of carbonyl (C=O) groups is 1. The Morgan fingerprint density at radius 2 is 1.66 bits per heavy atom. The number of nitrogens with zero attached hydrogens (tertiary/aromatic N) is 2. The molecule has 0 bridgehead atoms. The summed E-state index contributed by atoms with van der Waals surface area (Å²) in [4.78, 5) is 14.0. The maximum Gasteiger partial charge on any atom is 0.573 e. The molecule has 0 aliphatic carbocycles. The molecular weight excluding hydrogens is 413 g/mol. The maximum absolute atomic E-state index is 12.7. The molecule has 0 spiro atoms. The Morgan fingerprint density at radius 1 is 1.07 bits per heavy atom. The van der Waals surface area contributed by atoms with Gasteiger partial charge in [0.25, 0.3) is 5.91 Å². The molecular formula is C18H19F3N2O5S. The van der Waals surface area contributed by atoms with E-state index in [-0.39, 0.29) is 37.0 Å². The third-order valence-electron chi connectivity index (χ3n) is 4.49. The molecule has 1 aromatic carbocycles. The summed E-state index contributed by atoms with van der Waals surface area (Å²) in [6.07, 6.45) is -4.85. The highest BCUT2D eigenvalue weighted by Crippen LogP contribution is 2.26. The fourth-order valence-electron chi connectivity index (χ4n) is 3.11. The number of hydrogen-bond donors (Lipinski definition) is 0. The number of rotatable bonds is 4. The number of furan rings is 1. The van der Waals surface area contributed by atoms with Crippen LogP contribution in [-0.4, -0.2) is 56.1 Å². The summed E-state index contributed by atoms with van der Waals surface area (Å²) in [6.45, 7) is 3.95. The molecule has 0 N–H and O–H groups in total. The zero-order valence-corrected chi connectivity index (χ0v) is 16.5. The number of amides is 1. The lowest BCUT2D eigenvalue weighted by Crippen LogP contribution is -2.50. The van der Waals surface area contributed by atoms with Crippen molar-refractivity contribution in [2.45, 2.75) is 25.1 Å². The highest BCUT2D eigenvalue weighted by molar-refractivity contribution is 7.89. The first-order valence-corrected chi connectivity index (χ1v) is 10.1. The Labute approximate surface area is 165 Å². The first-order valence-electron chi connectivity index (χ1n) is 8.69. The summed E-state index contributed by atoms with van der Waals surface area (Å²) in [6, 6.07) is 5.66. The van der Waals surface area contributed by atoms with Crippen LogP contribution >= 0.6 is 0 Å². The SMILES string of the molecule is Cc1cc(C(=O)N2CCN(S(=O)(=O)c3ccc(OC(F)(F)F)cc3)CC2)c(C)o1. The molecule has 11 heteroatoms. The van der Waals surface area contributed by atoms with Crippen LogP contribution in [0.3, 0.4) is 0 Å². The molecule has 2 aromatic rings. The number of halogens is 3.